The van der Waals surface area contributed by atoms with Crippen molar-refractivity contribution in [3.63, 3.8) is 0 Å². The highest BCUT2D eigenvalue weighted by atomic mass is 32.1. The molecule has 104 valence electrons. The van der Waals surface area contributed by atoms with Crippen LogP contribution < -0.4 is 15.5 Å². The standard InChI is InChI=1S/C14H20FN3S/c1-2-18-9-3-4-13(18)10-16-14(19)17-12-7-5-11(15)6-8-12/h5-8,13H,2-4,9-10H2,1H3,(H2,16,17,19)/p+1/t13-/m0/s1. The zero-order valence-electron chi connectivity index (χ0n) is 11.2. The molecule has 1 heterocycles. The van der Waals surface area contributed by atoms with Crippen LogP contribution in [0.3, 0.4) is 0 Å². The summed E-state index contributed by atoms with van der Waals surface area (Å²) in [5.74, 6) is -0.238. The van der Waals surface area contributed by atoms with Crippen molar-refractivity contribution in [1.82, 2.24) is 5.32 Å². The van der Waals surface area contributed by atoms with Crippen molar-refractivity contribution in [2.75, 3.05) is 25.0 Å². The molecule has 0 spiro atoms. The first-order valence-corrected chi connectivity index (χ1v) is 7.25. The van der Waals surface area contributed by atoms with Gasteiger partial charge >= 0.3 is 0 Å². The van der Waals surface area contributed by atoms with Crippen molar-refractivity contribution in [3.8, 4) is 0 Å². The van der Waals surface area contributed by atoms with Crippen LogP contribution in [0, 0.1) is 5.82 Å². The molecule has 0 aliphatic carbocycles. The highest BCUT2D eigenvalue weighted by Crippen LogP contribution is 2.07. The van der Waals surface area contributed by atoms with Crippen molar-refractivity contribution < 1.29 is 9.29 Å². The Morgan fingerprint density at radius 3 is 2.84 bits per heavy atom. The molecule has 1 aliphatic heterocycles. The van der Waals surface area contributed by atoms with Crippen LogP contribution in [0.2, 0.25) is 0 Å². The number of rotatable bonds is 4. The lowest BCUT2D eigenvalue weighted by atomic mass is 10.2. The number of likely N-dealkylation sites (N-methyl/N-ethyl adjacent to an activating group) is 1. The molecule has 2 rings (SSSR count). The van der Waals surface area contributed by atoms with E-state index < -0.39 is 0 Å². The average molecular weight is 282 g/mol. The van der Waals surface area contributed by atoms with Crippen molar-refractivity contribution in [2.24, 2.45) is 0 Å². The minimum atomic E-state index is -0.238. The lowest BCUT2D eigenvalue weighted by molar-refractivity contribution is -0.909. The fourth-order valence-corrected chi connectivity index (χ4v) is 2.82. The number of hydrogen-bond acceptors (Lipinski definition) is 1. The number of likely N-dealkylation sites (tertiary alicyclic amines) is 1. The van der Waals surface area contributed by atoms with Gasteiger partial charge in [0.1, 0.15) is 11.9 Å². The van der Waals surface area contributed by atoms with Gasteiger partial charge < -0.3 is 15.5 Å². The summed E-state index contributed by atoms with van der Waals surface area (Å²) in [6, 6.07) is 6.86. The Hall–Kier alpha value is -1.20. The Bertz CT molecular complexity index is 421. The summed E-state index contributed by atoms with van der Waals surface area (Å²) in [6.07, 6.45) is 2.56. The van der Waals surface area contributed by atoms with Crippen LogP contribution in [-0.4, -0.2) is 30.8 Å². The first-order valence-electron chi connectivity index (χ1n) is 6.84. The molecule has 19 heavy (non-hydrogen) atoms. The van der Waals surface area contributed by atoms with Gasteiger partial charge in [0.15, 0.2) is 5.11 Å². The van der Waals surface area contributed by atoms with Crippen LogP contribution in [0.4, 0.5) is 10.1 Å². The molecule has 1 aromatic carbocycles. The molecule has 2 atom stereocenters. The molecule has 1 fully saturated rings. The zero-order chi connectivity index (χ0) is 13.7. The maximum Gasteiger partial charge on any atom is 0.170 e. The third kappa shape index (κ3) is 4.14. The molecule has 1 unspecified atom stereocenters. The van der Waals surface area contributed by atoms with E-state index in [-0.39, 0.29) is 5.82 Å². The smallest absolute Gasteiger partial charge is 0.170 e. The fraction of sp³-hybridized carbons (Fsp3) is 0.500. The van der Waals surface area contributed by atoms with Crippen molar-refractivity contribution in [1.29, 1.82) is 0 Å². The molecule has 0 radical (unpaired) electrons. The van der Waals surface area contributed by atoms with Gasteiger partial charge in [-0.05, 0) is 43.4 Å². The molecule has 0 aromatic heterocycles. The number of nitrogens with one attached hydrogen (secondary N) is 3. The molecule has 0 saturated carbocycles. The van der Waals surface area contributed by atoms with Gasteiger partial charge in [0, 0.05) is 18.5 Å². The molecule has 1 aliphatic rings. The van der Waals surface area contributed by atoms with Crippen LogP contribution in [0.25, 0.3) is 0 Å². The van der Waals surface area contributed by atoms with Crippen LogP contribution in [-0.2, 0) is 0 Å². The van der Waals surface area contributed by atoms with Crippen LogP contribution in [0.1, 0.15) is 19.8 Å². The molecule has 5 heteroatoms. The maximum absolute atomic E-state index is 12.8. The van der Waals surface area contributed by atoms with E-state index in [4.69, 9.17) is 12.2 Å². The first-order chi connectivity index (χ1) is 9.19. The predicted octanol–water partition coefficient (Wildman–Crippen LogP) is 1.18. The number of benzene rings is 1. The molecule has 1 aromatic rings. The Kier molecular flexibility index (Phi) is 5.10. The summed E-state index contributed by atoms with van der Waals surface area (Å²) in [5.41, 5.74) is 0.810. The third-order valence-corrected chi connectivity index (χ3v) is 3.94. The number of anilines is 1. The summed E-state index contributed by atoms with van der Waals surface area (Å²) >= 11 is 5.25. The van der Waals surface area contributed by atoms with Gasteiger partial charge in [-0.15, -0.1) is 0 Å². The minimum Gasteiger partial charge on any atom is -0.356 e. The van der Waals surface area contributed by atoms with Crippen LogP contribution in [0.5, 0.6) is 0 Å². The SMILES string of the molecule is CC[NH+]1CCC[C@H]1CNC(=S)Nc1ccc(F)cc1. The average Bonchev–Trinajstić information content (AvgIpc) is 2.86. The molecular formula is C14H21FN3S+. The molecular weight excluding hydrogens is 261 g/mol. The Morgan fingerprint density at radius 2 is 2.16 bits per heavy atom. The largest absolute Gasteiger partial charge is 0.356 e. The fourth-order valence-electron chi connectivity index (χ4n) is 2.62. The van der Waals surface area contributed by atoms with Gasteiger partial charge in [-0.3, -0.25) is 0 Å². The minimum absolute atomic E-state index is 0.238. The number of quaternary nitrogens is 1. The van der Waals surface area contributed by atoms with Gasteiger partial charge in [-0.1, -0.05) is 0 Å². The lowest BCUT2D eigenvalue weighted by Crippen LogP contribution is -3.14. The second-order valence-electron chi connectivity index (χ2n) is 4.94. The Labute approximate surface area is 119 Å². The third-order valence-electron chi connectivity index (χ3n) is 3.69. The second kappa shape index (κ2) is 6.82. The second-order valence-corrected chi connectivity index (χ2v) is 5.35. The van der Waals surface area contributed by atoms with E-state index in [0.717, 1.165) is 12.2 Å². The van der Waals surface area contributed by atoms with Crippen LogP contribution >= 0.6 is 12.2 Å². The highest BCUT2D eigenvalue weighted by molar-refractivity contribution is 7.80. The van der Waals surface area contributed by atoms with Gasteiger partial charge in [-0.25, -0.2) is 4.39 Å². The summed E-state index contributed by atoms with van der Waals surface area (Å²) in [7, 11) is 0. The van der Waals surface area contributed by atoms with Gasteiger partial charge in [0.05, 0.1) is 19.6 Å². The van der Waals surface area contributed by atoms with Crippen molar-refractivity contribution >= 4 is 23.0 Å². The molecule has 0 bridgehead atoms. The summed E-state index contributed by atoms with van der Waals surface area (Å²) in [5, 5.41) is 6.93. The Balaban J connectivity index is 1.77. The highest BCUT2D eigenvalue weighted by Gasteiger charge is 2.26. The van der Waals surface area contributed by atoms with Crippen molar-refractivity contribution in [2.45, 2.75) is 25.8 Å². The van der Waals surface area contributed by atoms with E-state index in [1.807, 2.05) is 0 Å². The first kappa shape index (κ1) is 14.2. The monoisotopic (exact) mass is 282 g/mol. The number of thiocarbonyl (C=S) groups is 1. The topological polar surface area (TPSA) is 28.5 Å². The van der Waals surface area contributed by atoms with Gasteiger partial charge in [0.25, 0.3) is 0 Å². The van der Waals surface area contributed by atoms with E-state index in [2.05, 4.69) is 17.6 Å². The van der Waals surface area contributed by atoms with E-state index >= 15 is 0 Å². The molecule has 1 saturated heterocycles. The zero-order valence-corrected chi connectivity index (χ0v) is 12.0. The predicted molar refractivity (Wildman–Crippen MR) is 80.0 cm³/mol. The maximum atomic E-state index is 12.8. The van der Waals surface area contributed by atoms with E-state index in [0.29, 0.717) is 11.2 Å². The van der Waals surface area contributed by atoms with E-state index in [1.165, 1.54) is 38.1 Å². The molecule has 3 N–H and O–H groups in total. The number of hydrogen-bond donors (Lipinski definition) is 3. The van der Waals surface area contributed by atoms with Crippen LogP contribution in [0.15, 0.2) is 24.3 Å². The quantitative estimate of drug-likeness (QED) is 0.724. The van der Waals surface area contributed by atoms with Crippen molar-refractivity contribution in [3.05, 3.63) is 30.1 Å². The summed E-state index contributed by atoms with van der Waals surface area (Å²) in [4.78, 5) is 1.65. The van der Waals surface area contributed by atoms with Gasteiger partial charge in [0.2, 0.25) is 0 Å². The Morgan fingerprint density at radius 1 is 1.42 bits per heavy atom. The van der Waals surface area contributed by atoms with E-state index in [1.54, 1.807) is 17.0 Å². The number of halogens is 1. The molecule has 0 amide bonds. The molecule has 3 nitrogen and oxygen atoms in total. The summed E-state index contributed by atoms with van der Waals surface area (Å²) < 4.78 is 12.8. The summed E-state index contributed by atoms with van der Waals surface area (Å²) in [6.45, 7) is 5.56. The van der Waals surface area contributed by atoms with Gasteiger partial charge in [-0.2, -0.15) is 0 Å². The lowest BCUT2D eigenvalue weighted by Gasteiger charge is -2.21. The normalized spacial score (nSPS) is 22.2. The van der Waals surface area contributed by atoms with E-state index in [9.17, 15) is 4.39 Å².